The quantitative estimate of drug-likeness (QED) is 0.0346. The second-order valence-electron chi connectivity index (χ2n) is 17.0. The summed E-state index contributed by atoms with van der Waals surface area (Å²) < 4.78 is 17.3. The smallest absolute Gasteiger partial charge is 0.306 e. The summed E-state index contributed by atoms with van der Waals surface area (Å²) in [5, 5.41) is 0. The monoisotopic (exact) mass is 911 g/mol. The van der Waals surface area contributed by atoms with Crippen LogP contribution in [0.4, 0.5) is 0 Å². The van der Waals surface area contributed by atoms with Crippen LogP contribution < -0.4 is 0 Å². The molecule has 0 aliphatic rings. The summed E-state index contributed by atoms with van der Waals surface area (Å²) in [6, 6.07) is 0. The van der Waals surface area contributed by atoms with Gasteiger partial charge in [-0.15, -0.1) is 0 Å². The van der Waals surface area contributed by atoms with E-state index < -0.39 is 6.10 Å². The number of ether oxygens (including phenoxy) is 3. The number of allylic oxidation sites excluding steroid dienone is 22. The van der Waals surface area contributed by atoms with Crippen LogP contribution in [0.1, 0.15) is 213 Å². The lowest BCUT2D eigenvalue weighted by atomic mass is 10.1. The first-order valence-corrected chi connectivity index (χ1v) is 26.7. The summed E-state index contributed by atoms with van der Waals surface area (Å²) in [6.45, 7) is 7.35. The molecule has 0 aromatic carbocycles. The fourth-order valence-electron chi connectivity index (χ4n) is 6.75. The van der Waals surface area contributed by atoms with Crippen LogP contribution in [0.3, 0.4) is 0 Å². The Kier molecular flexibility index (Phi) is 52.0. The van der Waals surface area contributed by atoms with Gasteiger partial charge >= 0.3 is 11.9 Å². The normalized spacial score (nSPS) is 13.3. The van der Waals surface area contributed by atoms with Gasteiger partial charge < -0.3 is 14.2 Å². The summed E-state index contributed by atoms with van der Waals surface area (Å²) in [5.74, 6) is -0.466. The Hall–Kier alpha value is -3.96. The Morgan fingerprint density at radius 3 is 1.09 bits per heavy atom. The summed E-state index contributed by atoms with van der Waals surface area (Å²) >= 11 is 0. The highest BCUT2D eigenvalue weighted by atomic mass is 16.6. The van der Waals surface area contributed by atoms with Gasteiger partial charge in [-0.2, -0.15) is 0 Å². The minimum atomic E-state index is -0.588. The van der Waals surface area contributed by atoms with E-state index in [2.05, 4.69) is 154 Å². The van der Waals surface area contributed by atoms with E-state index in [1.54, 1.807) is 0 Å². The molecular formula is C61H98O5. The van der Waals surface area contributed by atoms with Crippen LogP contribution in [-0.4, -0.2) is 37.9 Å². The van der Waals surface area contributed by atoms with Crippen LogP contribution in [0.5, 0.6) is 0 Å². The molecule has 5 heteroatoms. The lowest BCUT2D eigenvalue weighted by molar-refractivity contribution is -0.163. The Morgan fingerprint density at radius 1 is 0.348 bits per heavy atom. The maximum Gasteiger partial charge on any atom is 0.306 e. The van der Waals surface area contributed by atoms with E-state index in [-0.39, 0.29) is 25.2 Å². The van der Waals surface area contributed by atoms with Gasteiger partial charge in [0, 0.05) is 19.4 Å². The van der Waals surface area contributed by atoms with Crippen LogP contribution in [0.25, 0.3) is 0 Å². The zero-order chi connectivity index (χ0) is 47.7. The Labute approximate surface area is 407 Å². The first-order valence-electron chi connectivity index (χ1n) is 26.7. The minimum Gasteiger partial charge on any atom is -0.462 e. The van der Waals surface area contributed by atoms with Crippen molar-refractivity contribution in [3.63, 3.8) is 0 Å². The van der Waals surface area contributed by atoms with Crippen LogP contribution in [0, 0.1) is 0 Å². The van der Waals surface area contributed by atoms with E-state index in [1.807, 2.05) is 0 Å². The van der Waals surface area contributed by atoms with Gasteiger partial charge in [0.1, 0.15) is 6.61 Å². The highest BCUT2D eigenvalue weighted by Crippen LogP contribution is 2.13. The SMILES string of the molecule is CC/C=C\C/C=C\C/C=C\C/C=C\C/C=C\C/C=C\CCCOCC(COC(=O)CCCCCCCCC/C=C\C/C=C\C/C=C\CC)OC(=O)CCCCCCC/C=C\C/C=C\CCC. The summed E-state index contributed by atoms with van der Waals surface area (Å²) in [4.78, 5) is 25.4. The Bertz CT molecular complexity index is 1400. The van der Waals surface area contributed by atoms with Gasteiger partial charge in [0.05, 0.1) is 6.61 Å². The third-order valence-electron chi connectivity index (χ3n) is 10.6. The van der Waals surface area contributed by atoms with Gasteiger partial charge in [0.25, 0.3) is 0 Å². The molecule has 0 aliphatic heterocycles. The second-order valence-corrected chi connectivity index (χ2v) is 17.0. The number of hydrogen-bond donors (Lipinski definition) is 0. The molecule has 0 aliphatic carbocycles. The van der Waals surface area contributed by atoms with Crippen LogP contribution in [0.2, 0.25) is 0 Å². The van der Waals surface area contributed by atoms with Gasteiger partial charge in [-0.25, -0.2) is 0 Å². The number of carbonyl (C=O) groups is 2. The molecule has 66 heavy (non-hydrogen) atoms. The molecule has 0 heterocycles. The first kappa shape index (κ1) is 62.0. The Morgan fingerprint density at radius 2 is 0.682 bits per heavy atom. The van der Waals surface area contributed by atoms with Crippen LogP contribution in [0.15, 0.2) is 134 Å². The van der Waals surface area contributed by atoms with Crippen molar-refractivity contribution >= 4 is 11.9 Å². The van der Waals surface area contributed by atoms with Crippen molar-refractivity contribution in [2.45, 2.75) is 219 Å². The number of rotatable bonds is 47. The molecule has 1 atom stereocenters. The van der Waals surface area contributed by atoms with Crippen molar-refractivity contribution in [3.8, 4) is 0 Å². The predicted molar refractivity (Wildman–Crippen MR) is 288 cm³/mol. The largest absolute Gasteiger partial charge is 0.462 e. The number of unbranched alkanes of at least 4 members (excludes halogenated alkanes) is 14. The van der Waals surface area contributed by atoms with E-state index >= 15 is 0 Å². The molecule has 0 spiro atoms. The van der Waals surface area contributed by atoms with E-state index in [9.17, 15) is 9.59 Å². The van der Waals surface area contributed by atoms with E-state index in [1.165, 1.54) is 44.9 Å². The number of hydrogen-bond acceptors (Lipinski definition) is 5. The minimum absolute atomic E-state index is 0.0423. The molecule has 1 unspecified atom stereocenters. The van der Waals surface area contributed by atoms with Gasteiger partial charge in [-0.3, -0.25) is 9.59 Å². The maximum atomic E-state index is 12.8. The molecule has 0 aromatic rings. The molecule has 0 fully saturated rings. The van der Waals surface area contributed by atoms with Crippen LogP contribution in [-0.2, 0) is 23.8 Å². The third kappa shape index (κ3) is 52.7. The molecule has 0 bridgehead atoms. The van der Waals surface area contributed by atoms with E-state index in [4.69, 9.17) is 14.2 Å². The standard InChI is InChI=1S/C61H98O5/c1-4-7-10-13-16-19-22-25-27-29-30-31-33-35-38-41-44-47-50-53-56-64-57-59(66-61(63)55-52-49-46-43-40-36-24-21-18-15-12-9-6-3)58-65-60(62)54-51-48-45-42-39-37-34-32-28-26-23-20-17-14-11-8-5-2/h7-8,10-12,15-17,19-21,24-28,30-31,35,38,44,47,59H,4-6,9,13-14,18,22-23,29,32-34,36-37,39-43,45-46,48-58H2,1-3H3/b10-7-,11-8-,15-12-,19-16-,20-17-,24-21-,27-25-,28-26-,31-30-,38-35-,47-44-. The summed E-state index contributed by atoms with van der Waals surface area (Å²) in [6.07, 6.45) is 79.0. The molecule has 0 saturated carbocycles. The van der Waals surface area contributed by atoms with Crippen molar-refractivity contribution in [2.75, 3.05) is 19.8 Å². The third-order valence-corrected chi connectivity index (χ3v) is 10.6. The number of carbonyl (C=O) groups excluding carboxylic acids is 2. The fraction of sp³-hybridized carbons (Fsp3) is 0.607. The average Bonchev–Trinajstić information content (AvgIpc) is 3.32. The molecule has 0 N–H and O–H groups in total. The maximum absolute atomic E-state index is 12.8. The first-order chi connectivity index (χ1) is 32.6. The highest BCUT2D eigenvalue weighted by Gasteiger charge is 2.17. The summed E-state index contributed by atoms with van der Waals surface area (Å²) in [7, 11) is 0. The van der Waals surface area contributed by atoms with Crippen molar-refractivity contribution in [2.24, 2.45) is 0 Å². The molecule has 372 valence electrons. The fourth-order valence-corrected chi connectivity index (χ4v) is 6.75. The van der Waals surface area contributed by atoms with Gasteiger partial charge in [-0.05, 0) is 122 Å². The Balaban J connectivity index is 4.42. The molecule has 0 saturated heterocycles. The zero-order valence-corrected chi connectivity index (χ0v) is 42.7. The average molecular weight is 911 g/mol. The lowest BCUT2D eigenvalue weighted by Gasteiger charge is -2.18. The van der Waals surface area contributed by atoms with Gasteiger partial charge in [0.15, 0.2) is 6.10 Å². The molecule has 0 amide bonds. The lowest BCUT2D eigenvalue weighted by Crippen LogP contribution is -2.30. The molecule has 0 radical (unpaired) electrons. The molecular weight excluding hydrogens is 813 g/mol. The topological polar surface area (TPSA) is 61.8 Å². The summed E-state index contributed by atoms with van der Waals surface area (Å²) in [5.41, 5.74) is 0. The van der Waals surface area contributed by atoms with Crippen molar-refractivity contribution in [1.82, 2.24) is 0 Å². The van der Waals surface area contributed by atoms with Crippen molar-refractivity contribution < 1.29 is 23.8 Å². The number of esters is 2. The van der Waals surface area contributed by atoms with Crippen molar-refractivity contribution in [1.29, 1.82) is 0 Å². The molecule has 0 rings (SSSR count). The van der Waals surface area contributed by atoms with Crippen molar-refractivity contribution in [3.05, 3.63) is 134 Å². The van der Waals surface area contributed by atoms with Gasteiger partial charge in [0.2, 0.25) is 0 Å². The van der Waals surface area contributed by atoms with E-state index in [0.29, 0.717) is 19.4 Å². The second kappa shape index (κ2) is 55.4. The molecule has 5 nitrogen and oxygen atoms in total. The van der Waals surface area contributed by atoms with Gasteiger partial charge in [-0.1, -0.05) is 212 Å². The highest BCUT2D eigenvalue weighted by molar-refractivity contribution is 5.70. The predicted octanol–water partition coefficient (Wildman–Crippen LogP) is 18.3. The van der Waals surface area contributed by atoms with Crippen LogP contribution >= 0.6 is 0 Å². The zero-order valence-electron chi connectivity index (χ0n) is 42.7. The van der Waals surface area contributed by atoms with E-state index in [0.717, 1.165) is 135 Å². The molecule has 0 aromatic heterocycles.